The van der Waals surface area contributed by atoms with E-state index in [0.717, 1.165) is 16.8 Å². The fraction of sp³-hybridized carbons (Fsp3) is 0.556. The van der Waals surface area contributed by atoms with Crippen LogP contribution in [0.1, 0.15) is 6.23 Å². The van der Waals surface area contributed by atoms with Gasteiger partial charge in [-0.3, -0.25) is 14.3 Å². The third-order valence-electron chi connectivity index (χ3n) is 2.64. The molecule has 2 rings (SSSR count). The van der Waals surface area contributed by atoms with Crippen LogP contribution in [0.4, 0.5) is 0 Å². The second-order valence-electron chi connectivity index (χ2n) is 4.26. The third-order valence-corrected chi connectivity index (χ3v) is 2.64. The topological polar surface area (TPSA) is 234 Å². The molecule has 0 radical (unpaired) electrons. The number of hydrogen-bond donors (Lipinski definition) is 7. The highest BCUT2D eigenvalue weighted by atomic mass is 31.2. The molecular formula is C9H17N2O11P. The minimum absolute atomic E-state index is 0. The first kappa shape index (κ1) is 21.6. The highest BCUT2D eigenvalue weighted by Crippen LogP contribution is 2.27. The zero-order valence-electron chi connectivity index (χ0n) is 11.4. The fourth-order valence-electron chi connectivity index (χ4n) is 1.74. The molecule has 1 aromatic heterocycles. The first-order valence-electron chi connectivity index (χ1n) is 5.77. The van der Waals surface area contributed by atoms with Gasteiger partial charge in [0, 0.05) is 12.3 Å². The van der Waals surface area contributed by atoms with Crippen molar-refractivity contribution in [3.63, 3.8) is 0 Å². The average molecular weight is 360 g/mol. The molecule has 0 aliphatic carbocycles. The minimum atomic E-state index is -4.64. The standard InChI is InChI=1S/C9H12N2O6.H3O4P.H2O/c12-3-4-6(14)7(15)8(17-4)11-2-1-5(13)10-9(11)16;1-5(2,3)4;/h1-2,4,6-8,12,14-15H,3H2,(H,10,13,16);(H3,1,2,3,4);1H2/t4-,6-,7-,8-;;/m1../s1. The number of nitrogens with zero attached hydrogens (tertiary/aromatic N) is 1. The Labute approximate surface area is 127 Å². The van der Waals surface area contributed by atoms with Crippen molar-refractivity contribution < 1.29 is 44.8 Å². The molecule has 13 nitrogen and oxygen atoms in total. The number of aromatic nitrogens is 2. The summed E-state index contributed by atoms with van der Waals surface area (Å²) < 4.78 is 15.0. The van der Waals surface area contributed by atoms with Crippen LogP contribution in [0.15, 0.2) is 21.9 Å². The highest BCUT2D eigenvalue weighted by Gasteiger charge is 2.43. The van der Waals surface area contributed by atoms with E-state index in [-0.39, 0.29) is 5.48 Å². The highest BCUT2D eigenvalue weighted by molar-refractivity contribution is 7.45. The summed E-state index contributed by atoms with van der Waals surface area (Å²) in [5, 5.41) is 28.1. The number of H-pyrrole nitrogens is 1. The molecule has 134 valence electrons. The van der Waals surface area contributed by atoms with Crippen LogP contribution in [0.25, 0.3) is 0 Å². The Morgan fingerprint density at radius 2 is 1.74 bits per heavy atom. The average Bonchev–Trinajstić information content (AvgIpc) is 2.64. The Kier molecular flexibility index (Phi) is 7.93. The molecule has 14 heteroatoms. The number of rotatable bonds is 2. The number of hydrogen-bond acceptors (Lipinski definition) is 7. The zero-order chi connectivity index (χ0) is 17.1. The van der Waals surface area contributed by atoms with Gasteiger partial charge >= 0.3 is 13.5 Å². The number of nitrogens with one attached hydrogen (secondary N) is 1. The maximum Gasteiger partial charge on any atom is 0.466 e. The summed E-state index contributed by atoms with van der Waals surface area (Å²) in [6, 6.07) is 1.09. The summed E-state index contributed by atoms with van der Waals surface area (Å²) >= 11 is 0. The van der Waals surface area contributed by atoms with Crippen molar-refractivity contribution in [3.05, 3.63) is 33.1 Å². The van der Waals surface area contributed by atoms with Crippen LogP contribution in [-0.2, 0) is 9.30 Å². The van der Waals surface area contributed by atoms with Crippen molar-refractivity contribution >= 4 is 7.82 Å². The SMILES string of the molecule is O.O=P(O)(O)O.O=c1ccn([C@@H]2O[C@H](CO)[C@@H](O)[C@H]2O)c(=O)[nH]1. The quantitative estimate of drug-likeness (QED) is 0.249. The van der Waals surface area contributed by atoms with Crippen molar-refractivity contribution in [2.24, 2.45) is 0 Å². The minimum Gasteiger partial charge on any atom is -0.412 e. The van der Waals surface area contributed by atoms with Crippen molar-refractivity contribution in [2.45, 2.75) is 24.5 Å². The molecule has 0 aromatic carbocycles. The molecule has 0 saturated carbocycles. The van der Waals surface area contributed by atoms with Crippen molar-refractivity contribution in [2.75, 3.05) is 6.61 Å². The van der Waals surface area contributed by atoms with Gasteiger partial charge in [-0.1, -0.05) is 0 Å². The predicted molar refractivity (Wildman–Crippen MR) is 72.2 cm³/mol. The lowest BCUT2D eigenvalue weighted by molar-refractivity contribution is -0.0550. The molecule has 1 aliphatic heterocycles. The third kappa shape index (κ3) is 6.31. The molecule has 0 bridgehead atoms. The van der Waals surface area contributed by atoms with Crippen LogP contribution in [0, 0.1) is 0 Å². The molecule has 0 spiro atoms. The van der Waals surface area contributed by atoms with E-state index in [1.54, 1.807) is 0 Å². The summed E-state index contributed by atoms with van der Waals surface area (Å²) in [5.41, 5.74) is -1.33. The first-order valence-corrected chi connectivity index (χ1v) is 7.33. The maximum absolute atomic E-state index is 11.4. The lowest BCUT2D eigenvalue weighted by Crippen LogP contribution is -2.37. The molecule has 0 unspecified atom stereocenters. The Morgan fingerprint density at radius 3 is 2.13 bits per heavy atom. The molecule has 1 fully saturated rings. The van der Waals surface area contributed by atoms with Gasteiger partial charge in [-0.2, -0.15) is 0 Å². The summed E-state index contributed by atoms with van der Waals surface area (Å²) in [6.45, 7) is -0.479. The molecule has 9 N–H and O–H groups in total. The number of phosphoric acid groups is 1. The molecule has 23 heavy (non-hydrogen) atoms. The van der Waals surface area contributed by atoms with Crippen LogP contribution in [0.3, 0.4) is 0 Å². The van der Waals surface area contributed by atoms with E-state index >= 15 is 0 Å². The molecule has 4 atom stereocenters. The van der Waals surface area contributed by atoms with E-state index in [1.165, 1.54) is 0 Å². The second kappa shape index (κ2) is 8.44. The van der Waals surface area contributed by atoms with Crippen LogP contribution < -0.4 is 11.2 Å². The van der Waals surface area contributed by atoms with Crippen LogP contribution in [0.2, 0.25) is 0 Å². The van der Waals surface area contributed by atoms with Gasteiger partial charge in [-0.15, -0.1) is 0 Å². The smallest absolute Gasteiger partial charge is 0.412 e. The predicted octanol–water partition coefficient (Wildman–Crippen LogP) is -4.61. The zero-order valence-corrected chi connectivity index (χ0v) is 12.3. The van der Waals surface area contributed by atoms with E-state index in [9.17, 15) is 19.8 Å². The Hall–Kier alpha value is -1.41. The van der Waals surface area contributed by atoms with Gasteiger partial charge in [0.2, 0.25) is 0 Å². The summed E-state index contributed by atoms with van der Waals surface area (Å²) in [7, 11) is -4.64. The second-order valence-corrected chi connectivity index (χ2v) is 5.29. The lowest BCUT2D eigenvalue weighted by Gasteiger charge is -2.16. The van der Waals surface area contributed by atoms with E-state index in [2.05, 4.69) is 0 Å². The largest absolute Gasteiger partial charge is 0.466 e. The maximum atomic E-state index is 11.4. The molecule has 0 amide bonds. The van der Waals surface area contributed by atoms with E-state index in [4.69, 9.17) is 29.1 Å². The number of aliphatic hydroxyl groups is 3. The number of ether oxygens (including phenoxy) is 1. The Balaban J connectivity index is 0.000000709. The Bertz CT molecular complexity index is 643. The first-order chi connectivity index (χ1) is 10.0. The molecule has 2 heterocycles. The van der Waals surface area contributed by atoms with Gasteiger partial charge in [-0.25, -0.2) is 9.36 Å². The summed E-state index contributed by atoms with van der Waals surface area (Å²) in [4.78, 5) is 45.9. The summed E-state index contributed by atoms with van der Waals surface area (Å²) in [5.74, 6) is 0. The molecule has 1 saturated heterocycles. The Morgan fingerprint density at radius 1 is 1.22 bits per heavy atom. The number of aromatic amines is 1. The fourth-order valence-corrected chi connectivity index (χ4v) is 1.74. The van der Waals surface area contributed by atoms with Gasteiger partial charge in [0.05, 0.1) is 6.61 Å². The number of aliphatic hydroxyl groups excluding tert-OH is 3. The van der Waals surface area contributed by atoms with Crippen molar-refractivity contribution in [3.8, 4) is 0 Å². The van der Waals surface area contributed by atoms with Gasteiger partial charge in [0.25, 0.3) is 5.56 Å². The molecule has 1 aliphatic rings. The van der Waals surface area contributed by atoms with E-state index in [0.29, 0.717) is 0 Å². The molecule has 1 aromatic rings. The van der Waals surface area contributed by atoms with Gasteiger partial charge in [0.1, 0.15) is 18.3 Å². The normalized spacial score (nSPS) is 26.9. The van der Waals surface area contributed by atoms with Gasteiger partial charge < -0.3 is 40.2 Å². The van der Waals surface area contributed by atoms with E-state index in [1.807, 2.05) is 4.98 Å². The lowest BCUT2D eigenvalue weighted by atomic mass is 10.1. The van der Waals surface area contributed by atoms with Gasteiger partial charge in [-0.05, 0) is 0 Å². The summed E-state index contributed by atoms with van der Waals surface area (Å²) in [6.07, 6.45) is -3.58. The molecular weight excluding hydrogens is 343 g/mol. The van der Waals surface area contributed by atoms with Crippen LogP contribution >= 0.6 is 7.82 Å². The van der Waals surface area contributed by atoms with Crippen molar-refractivity contribution in [1.29, 1.82) is 0 Å². The van der Waals surface area contributed by atoms with Crippen molar-refractivity contribution in [1.82, 2.24) is 9.55 Å². The van der Waals surface area contributed by atoms with Crippen LogP contribution in [0.5, 0.6) is 0 Å². The monoisotopic (exact) mass is 360 g/mol. The van der Waals surface area contributed by atoms with Gasteiger partial charge in [0.15, 0.2) is 6.23 Å². The van der Waals surface area contributed by atoms with Crippen LogP contribution in [-0.4, -0.2) is 69.9 Å². The van der Waals surface area contributed by atoms with E-state index < -0.39 is 50.2 Å².